The quantitative estimate of drug-likeness (QED) is 0.139. The number of ether oxygens (including phenoxy) is 1. The van der Waals surface area contributed by atoms with Crippen molar-refractivity contribution in [3.63, 3.8) is 0 Å². The average Bonchev–Trinajstić information content (AvgIpc) is 3.17. The molecule has 236 valence electrons. The Morgan fingerprint density at radius 2 is 1.80 bits per heavy atom. The Morgan fingerprint density at radius 3 is 2.41 bits per heavy atom. The number of amides is 2. The number of likely N-dealkylation sites (N-methyl/N-ethyl adjacent to an activating group) is 1. The van der Waals surface area contributed by atoms with E-state index in [0.29, 0.717) is 28.3 Å². The van der Waals surface area contributed by atoms with E-state index in [2.05, 4.69) is 17.9 Å². The number of hydrogen-bond donors (Lipinski definition) is 3. The molecule has 44 heavy (non-hydrogen) atoms. The number of nitrogens with one attached hydrogen (secondary N) is 1. The molecule has 0 spiro atoms. The molecule has 0 radical (unpaired) electrons. The molecule has 12 heteroatoms. The second kappa shape index (κ2) is 15.2. The number of carbonyl (C=O) groups is 4. The van der Waals surface area contributed by atoms with Crippen molar-refractivity contribution in [1.29, 1.82) is 0 Å². The summed E-state index contributed by atoms with van der Waals surface area (Å²) >= 11 is 5.69. The van der Waals surface area contributed by atoms with Gasteiger partial charge in [-0.05, 0) is 50.8 Å². The summed E-state index contributed by atoms with van der Waals surface area (Å²) in [7, 11) is 1.57. The third kappa shape index (κ3) is 6.88. The number of benzodiazepines with no additional fused rings is 1. The zero-order chi connectivity index (χ0) is 31.9. The molecule has 1 heterocycles. The van der Waals surface area contributed by atoms with Crippen LogP contribution < -0.4 is 16.1 Å². The number of ketones is 1. The number of benzene rings is 2. The summed E-state index contributed by atoms with van der Waals surface area (Å²) in [4.78, 5) is 61.2. The molecular formula is C32H41N5O5S2. The number of esters is 1. The minimum absolute atomic E-state index is 0.00986. The summed E-state index contributed by atoms with van der Waals surface area (Å²) in [6, 6.07) is 13.4. The number of thioether (sulfide) groups is 1. The molecule has 0 bridgehead atoms. The standard InChI is InChI=1S/C32H41N5O5S2/c1-21(38)37(32(34-2,18-19-44-3)31(41)42-23-14-8-5-9-15-23)36-26-17-11-10-16-24(26)27(22-12-6-4-7-13-22)35-28(30(36)40)29(39)25(33)20-43/h4,6-7,10-13,16-17,23,25,28,34,43H,5,8-9,14-15,18-20,33H2,1-3H3/t25?,28?,32-/m0/s1. The minimum atomic E-state index is -1.77. The SMILES string of the molecule is CN[C@](CCSC)(C(=O)OC1CCCCC1)N(C(C)=O)N1C(=O)C(C(=O)C(N)CS)N=C(c2ccccc2)c2ccccc21. The highest BCUT2D eigenvalue weighted by Gasteiger charge is 2.53. The van der Waals surface area contributed by atoms with Gasteiger partial charge in [-0.1, -0.05) is 55.0 Å². The fourth-order valence-corrected chi connectivity index (χ4v) is 6.43. The molecular weight excluding hydrogens is 599 g/mol. The van der Waals surface area contributed by atoms with Gasteiger partial charge in [-0.15, -0.1) is 0 Å². The first-order chi connectivity index (χ1) is 21.2. The molecule has 2 aromatic carbocycles. The Labute approximate surface area is 268 Å². The maximum Gasteiger partial charge on any atom is 0.349 e. The highest BCUT2D eigenvalue weighted by Crippen LogP contribution is 2.35. The molecule has 3 atom stereocenters. The molecule has 2 amide bonds. The first-order valence-corrected chi connectivity index (χ1v) is 16.9. The molecule has 1 fully saturated rings. The van der Waals surface area contributed by atoms with Crippen molar-refractivity contribution in [2.75, 3.05) is 29.8 Å². The lowest BCUT2D eigenvalue weighted by Gasteiger charge is -2.47. The molecule has 10 nitrogen and oxygen atoms in total. The summed E-state index contributed by atoms with van der Waals surface area (Å²) in [5.74, 6) is -2.27. The van der Waals surface area contributed by atoms with Crippen LogP contribution in [0.4, 0.5) is 5.69 Å². The Morgan fingerprint density at radius 1 is 1.14 bits per heavy atom. The van der Waals surface area contributed by atoms with E-state index in [1.54, 1.807) is 31.3 Å². The lowest BCUT2D eigenvalue weighted by molar-refractivity contribution is -0.174. The van der Waals surface area contributed by atoms with Crippen LogP contribution in [0.3, 0.4) is 0 Å². The predicted molar refractivity (Wildman–Crippen MR) is 177 cm³/mol. The van der Waals surface area contributed by atoms with Crippen LogP contribution in [0.5, 0.6) is 0 Å². The Bertz CT molecular complexity index is 1380. The molecule has 2 unspecified atom stereocenters. The zero-order valence-corrected chi connectivity index (χ0v) is 27.1. The fourth-order valence-electron chi connectivity index (χ4n) is 5.75. The van der Waals surface area contributed by atoms with E-state index in [1.165, 1.54) is 18.7 Å². The lowest BCUT2D eigenvalue weighted by Crippen LogP contribution is -2.72. The van der Waals surface area contributed by atoms with Crippen LogP contribution in [0.15, 0.2) is 59.6 Å². The van der Waals surface area contributed by atoms with Crippen LogP contribution in [-0.4, -0.2) is 82.9 Å². The van der Waals surface area contributed by atoms with Gasteiger partial charge in [-0.2, -0.15) is 24.4 Å². The van der Waals surface area contributed by atoms with Crippen LogP contribution >= 0.6 is 24.4 Å². The fraction of sp³-hybridized carbons (Fsp3) is 0.469. The molecule has 1 aliphatic carbocycles. The van der Waals surface area contributed by atoms with Crippen molar-refractivity contribution < 1.29 is 23.9 Å². The molecule has 0 aromatic heterocycles. The Hall–Kier alpha value is -3.19. The molecule has 2 aliphatic rings. The molecule has 3 N–H and O–H groups in total. The van der Waals surface area contributed by atoms with Crippen LogP contribution in [0.2, 0.25) is 0 Å². The lowest BCUT2D eigenvalue weighted by atomic mass is 9.97. The highest BCUT2D eigenvalue weighted by molar-refractivity contribution is 7.98. The summed E-state index contributed by atoms with van der Waals surface area (Å²) < 4.78 is 6.07. The predicted octanol–water partition coefficient (Wildman–Crippen LogP) is 3.37. The van der Waals surface area contributed by atoms with Gasteiger partial charge in [0.25, 0.3) is 5.91 Å². The van der Waals surface area contributed by atoms with Crippen LogP contribution in [0.25, 0.3) is 0 Å². The topological polar surface area (TPSA) is 134 Å². The number of nitrogens with zero attached hydrogens (tertiary/aromatic N) is 3. The van der Waals surface area contributed by atoms with Gasteiger partial charge >= 0.3 is 5.97 Å². The van der Waals surface area contributed by atoms with Gasteiger partial charge in [-0.3, -0.25) is 24.7 Å². The third-order valence-corrected chi connectivity index (χ3v) is 9.08. The van der Waals surface area contributed by atoms with Crippen molar-refractivity contribution in [2.45, 2.75) is 69.3 Å². The van der Waals surface area contributed by atoms with Crippen molar-refractivity contribution >= 4 is 59.4 Å². The maximum atomic E-state index is 14.7. The van der Waals surface area contributed by atoms with Gasteiger partial charge in [0.05, 0.1) is 17.4 Å². The number of Topliss-reactive ketones (excluding diaryl/α,β-unsaturated/α-hetero) is 1. The average molecular weight is 640 g/mol. The monoisotopic (exact) mass is 639 g/mol. The summed E-state index contributed by atoms with van der Waals surface area (Å²) in [6.07, 6.45) is 6.14. The first-order valence-electron chi connectivity index (χ1n) is 14.9. The summed E-state index contributed by atoms with van der Waals surface area (Å²) in [6.45, 7) is 1.29. The Balaban J connectivity index is 1.96. The second-order valence-corrected chi connectivity index (χ2v) is 12.3. The van der Waals surface area contributed by atoms with Crippen LogP contribution in [-0.2, 0) is 23.9 Å². The van der Waals surface area contributed by atoms with E-state index in [9.17, 15) is 19.2 Å². The first kappa shape index (κ1) is 33.7. The van der Waals surface area contributed by atoms with Gasteiger partial charge < -0.3 is 10.5 Å². The zero-order valence-electron chi connectivity index (χ0n) is 25.4. The van der Waals surface area contributed by atoms with Gasteiger partial charge in [0.15, 0.2) is 11.8 Å². The number of rotatable bonds is 12. The number of hydrazine groups is 1. The van der Waals surface area contributed by atoms with E-state index in [-0.39, 0.29) is 18.3 Å². The van der Waals surface area contributed by atoms with E-state index in [4.69, 9.17) is 15.5 Å². The highest BCUT2D eigenvalue weighted by atomic mass is 32.2. The van der Waals surface area contributed by atoms with E-state index < -0.39 is 41.3 Å². The number of thiol groups is 1. The number of nitrogens with two attached hydrogens (primary N) is 1. The van der Waals surface area contributed by atoms with Crippen molar-refractivity contribution in [3.05, 3.63) is 65.7 Å². The molecule has 2 aromatic rings. The molecule has 1 saturated carbocycles. The van der Waals surface area contributed by atoms with Crippen molar-refractivity contribution in [3.8, 4) is 0 Å². The number of carbonyl (C=O) groups excluding carboxylic acids is 4. The van der Waals surface area contributed by atoms with Gasteiger partial charge in [0.1, 0.15) is 6.10 Å². The largest absolute Gasteiger partial charge is 0.460 e. The van der Waals surface area contributed by atoms with Gasteiger partial charge in [-0.25, -0.2) is 14.8 Å². The number of para-hydroxylation sites is 1. The smallest absolute Gasteiger partial charge is 0.349 e. The third-order valence-electron chi connectivity index (χ3n) is 8.07. The van der Waals surface area contributed by atoms with E-state index >= 15 is 0 Å². The van der Waals surface area contributed by atoms with E-state index in [0.717, 1.165) is 42.1 Å². The number of anilines is 1. The van der Waals surface area contributed by atoms with Crippen molar-refractivity contribution in [1.82, 2.24) is 10.3 Å². The summed E-state index contributed by atoms with van der Waals surface area (Å²) in [5.41, 5.74) is 6.20. The number of fused-ring (bicyclic) bond motifs is 1. The molecule has 0 saturated heterocycles. The maximum absolute atomic E-state index is 14.7. The van der Waals surface area contributed by atoms with Crippen LogP contribution in [0, 0.1) is 0 Å². The molecule has 4 rings (SSSR count). The van der Waals surface area contributed by atoms with Gasteiger partial charge in [0.2, 0.25) is 11.6 Å². The Kier molecular flexibility index (Phi) is 11.6. The summed E-state index contributed by atoms with van der Waals surface area (Å²) in [5, 5.41) is 5.32. The molecule has 1 aliphatic heterocycles. The van der Waals surface area contributed by atoms with Crippen molar-refractivity contribution in [2.24, 2.45) is 10.7 Å². The minimum Gasteiger partial charge on any atom is -0.460 e. The van der Waals surface area contributed by atoms with E-state index in [1.807, 2.05) is 36.6 Å². The number of hydrogen-bond acceptors (Lipinski definition) is 10. The number of aliphatic imine (C=N–C) groups is 1. The normalized spacial score (nSPS) is 19.2. The van der Waals surface area contributed by atoms with Gasteiger partial charge in [0, 0.05) is 30.2 Å². The second-order valence-electron chi connectivity index (χ2n) is 11.0. The van der Waals surface area contributed by atoms with Crippen LogP contribution in [0.1, 0.15) is 56.6 Å².